The molecule has 0 bridgehead atoms. The molecule has 8 heteroatoms. The van der Waals surface area contributed by atoms with E-state index in [9.17, 15) is 8.42 Å². The zero-order chi connectivity index (χ0) is 19.4. The van der Waals surface area contributed by atoms with E-state index in [-0.39, 0.29) is 10.8 Å². The van der Waals surface area contributed by atoms with Crippen LogP contribution in [0.15, 0.2) is 68.3 Å². The lowest BCUT2D eigenvalue weighted by Gasteiger charge is -2.23. The highest BCUT2D eigenvalue weighted by Gasteiger charge is 2.22. The highest BCUT2D eigenvalue weighted by Crippen LogP contribution is 2.29. The van der Waals surface area contributed by atoms with Crippen LogP contribution in [-0.2, 0) is 10.0 Å². The predicted octanol–water partition coefficient (Wildman–Crippen LogP) is 3.61. The quantitative estimate of drug-likeness (QED) is 0.484. The third-order valence-electron chi connectivity index (χ3n) is 4.58. The molecule has 0 spiro atoms. The van der Waals surface area contributed by atoms with Crippen molar-refractivity contribution in [1.82, 2.24) is 15.1 Å². The summed E-state index contributed by atoms with van der Waals surface area (Å²) in [5.74, 6) is 0.478. The molecule has 0 atom stereocenters. The van der Waals surface area contributed by atoms with Gasteiger partial charge in [-0.05, 0) is 43.5 Å². The zero-order valence-electron chi connectivity index (χ0n) is 15.2. The van der Waals surface area contributed by atoms with Crippen molar-refractivity contribution >= 4 is 16.4 Å². The van der Waals surface area contributed by atoms with Crippen LogP contribution >= 0.6 is 0 Å². The molecule has 1 aliphatic heterocycles. The normalized spacial score (nSPS) is 15.2. The Balaban J connectivity index is 1.65. The van der Waals surface area contributed by atoms with Crippen LogP contribution in [-0.4, -0.2) is 42.9 Å². The second-order valence-corrected chi connectivity index (χ2v) is 8.17. The molecule has 0 radical (unpaired) electrons. The molecule has 144 valence electrons. The molecule has 0 aliphatic carbocycles. The minimum absolute atomic E-state index is 0.0477. The number of likely N-dealkylation sites (tertiary alicyclic amines) is 1. The molecule has 0 N–H and O–H groups in total. The van der Waals surface area contributed by atoms with Crippen molar-refractivity contribution in [3.8, 4) is 22.9 Å². The van der Waals surface area contributed by atoms with E-state index in [4.69, 9.17) is 4.42 Å². The number of hydrogen-bond acceptors (Lipinski definition) is 5. The molecule has 7 nitrogen and oxygen atoms in total. The summed E-state index contributed by atoms with van der Waals surface area (Å²) in [6.07, 6.45) is 4.69. The number of aromatic nitrogens is 2. The van der Waals surface area contributed by atoms with Crippen LogP contribution in [0.25, 0.3) is 22.9 Å². The summed E-state index contributed by atoms with van der Waals surface area (Å²) in [5.41, 5.74) is 1.11. The lowest BCUT2D eigenvalue weighted by molar-refractivity contribution is 0.351. The van der Waals surface area contributed by atoms with E-state index in [0.29, 0.717) is 11.5 Å². The van der Waals surface area contributed by atoms with Gasteiger partial charge in [0.25, 0.3) is 10.0 Å². The van der Waals surface area contributed by atoms with Crippen molar-refractivity contribution < 1.29 is 12.8 Å². The van der Waals surface area contributed by atoms with E-state index >= 15 is 0 Å². The Morgan fingerprint density at radius 2 is 1.57 bits per heavy atom. The fourth-order valence-electron chi connectivity index (χ4n) is 3.12. The van der Waals surface area contributed by atoms with Gasteiger partial charge in [0.2, 0.25) is 11.8 Å². The summed E-state index contributed by atoms with van der Waals surface area (Å²) in [4.78, 5) is 1.98. The second-order valence-electron chi connectivity index (χ2n) is 6.57. The van der Waals surface area contributed by atoms with E-state index in [2.05, 4.69) is 14.6 Å². The lowest BCUT2D eigenvalue weighted by Crippen LogP contribution is -2.28. The fourth-order valence-corrected chi connectivity index (χ4v) is 4.17. The molecule has 2 aromatic carbocycles. The van der Waals surface area contributed by atoms with Crippen LogP contribution in [0.4, 0.5) is 0 Å². The first-order chi connectivity index (χ1) is 13.6. The molecule has 1 saturated heterocycles. The van der Waals surface area contributed by atoms with Crippen molar-refractivity contribution in [3.05, 3.63) is 54.6 Å². The average molecular weight is 396 g/mol. The van der Waals surface area contributed by atoms with E-state index in [0.717, 1.165) is 31.5 Å². The SMILES string of the molecule is O=S(=O)(/N=C\N1CCCCC1)c1ccccc1-c1nnc(-c2ccccc2)o1. The summed E-state index contributed by atoms with van der Waals surface area (Å²) >= 11 is 0. The highest BCUT2D eigenvalue weighted by atomic mass is 32.2. The van der Waals surface area contributed by atoms with Crippen LogP contribution in [0, 0.1) is 0 Å². The third-order valence-corrected chi connectivity index (χ3v) is 5.86. The van der Waals surface area contributed by atoms with E-state index in [1.165, 1.54) is 18.8 Å². The zero-order valence-corrected chi connectivity index (χ0v) is 16.0. The summed E-state index contributed by atoms with van der Waals surface area (Å²) in [6.45, 7) is 1.65. The van der Waals surface area contributed by atoms with Gasteiger partial charge in [-0.1, -0.05) is 30.3 Å². The largest absolute Gasteiger partial charge is 0.416 e. The highest BCUT2D eigenvalue weighted by molar-refractivity contribution is 7.90. The molecule has 0 unspecified atom stereocenters. The number of nitrogens with zero attached hydrogens (tertiary/aromatic N) is 4. The van der Waals surface area contributed by atoms with Gasteiger partial charge in [-0.3, -0.25) is 0 Å². The Hall–Kier alpha value is -3.00. The smallest absolute Gasteiger partial charge is 0.284 e. The van der Waals surface area contributed by atoms with Crippen LogP contribution < -0.4 is 0 Å². The monoisotopic (exact) mass is 396 g/mol. The molecule has 1 aliphatic rings. The van der Waals surface area contributed by atoms with Gasteiger partial charge in [0.15, 0.2) is 0 Å². The van der Waals surface area contributed by atoms with Gasteiger partial charge in [0, 0.05) is 18.7 Å². The first kappa shape index (κ1) is 18.4. The molecule has 28 heavy (non-hydrogen) atoms. The predicted molar refractivity (Wildman–Crippen MR) is 106 cm³/mol. The molecule has 2 heterocycles. The number of hydrogen-bond donors (Lipinski definition) is 0. The molecule has 1 aromatic heterocycles. The van der Waals surface area contributed by atoms with E-state index in [1.807, 2.05) is 35.2 Å². The standard InChI is InChI=1S/C20H20N4O3S/c25-28(26,21-15-24-13-7-2-8-14-24)18-12-6-5-11-17(18)20-23-22-19(27-20)16-9-3-1-4-10-16/h1,3-6,9-12,15H,2,7-8,13-14H2/b21-15-. The van der Waals surface area contributed by atoms with Crippen molar-refractivity contribution in [1.29, 1.82) is 0 Å². The Kier molecular flexibility index (Phi) is 5.21. The van der Waals surface area contributed by atoms with Crippen LogP contribution in [0.3, 0.4) is 0 Å². The van der Waals surface area contributed by atoms with Crippen molar-refractivity contribution in [2.45, 2.75) is 24.2 Å². The summed E-state index contributed by atoms with van der Waals surface area (Å²) < 4.78 is 35.3. The molecule has 4 rings (SSSR count). The Morgan fingerprint density at radius 3 is 2.36 bits per heavy atom. The average Bonchev–Trinajstić information content (AvgIpc) is 3.24. The van der Waals surface area contributed by atoms with E-state index in [1.54, 1.807) is 18.2 Å². The molecular formula is C20H20N4O3S. The molecule has 0 saturated carbocycles. The minimum atomic E-state index is -3.89. The second kappa shape index (κ2) is 7.93. The van der Waals surface area contributed by atoms with Gasteiger partial charge in [0.1, 0.15) is 11.2 Å². The first-order valence-corrected chi connectivity index (χ1v) is 10.6. The van der Waals surface area contributed by atoms with Crippen LogP contribution in [0.1, 0.15) is 19.3 Å². The summed E-state index contributed by atoms with van der Waals surface area (Å²) in [6, 6.07) is 15.9. The topological polar surface area (TPSA) is 88.7 Å². The van der Waals surface area contributed by atoms with Gasteiger partial charge in [0.05, 0.1) is 5.56 Å². The number of piperidine rings is 1. The maximum absolute atomic E-state index is 12.8. The van der Waals surface area contributed by atoms with Crippen LogP contribution in [0.2, 0.25) is 0 Å². The third kappa shape index (κ3) is 3.96. The molecule has 1 fully saturated rings. The van der Waals surface area contributed by atoms with Crippen LogP contribution in [0.5, 0.6) is 0 Å². The molecule has 0 amide bonds. The minimum Gasteiger partial charge on any atom is -0.416 e. The maximum atomic E-state index is 12.8. The molecular weight excluding hydrogens is 376 g/mol. The maximum Gasteiger partial charge on any atom is 0.284 e. The molecule has 3 aromatic rings. The van der Waals surface area contributed by atoms with Crippen molar-refractivity contribution in [2.24, 2.45) is 4.40 Å². The summed E-state index contributed by atoms with van der Waals surface area (Å²) in [5, 5.41) is 8.09. The Labute approximate surface area is 163 Å². The number of benzene rings is 2. The Bertz CT molecular complexity index is 1070. The van der Waals surface area contributed by atoms with Gasteiger partial charge < -0.3 is 9.32 Å². The number of sulfonamides is 1. The number of rotatable bonds is 5. The Morgan fingerprint density at radius 1 is 0.893 bits per heavy atom. The van der Waals surface area contributed by atoms with Crippen molar-refractivity contribution in [2.75, 3.05) is 13.1 Å². The summed E-state index contributed by atoms with van der Waals surface area (Å²) in [7, 11) is -3.89. The van der Waals surface area contributed by atoms with Gasteiger partial charge in [-0.25, -0.2) is 0 Å². The van der Waals surface area contributed by atoms with Gasteiger partial charge in [-0.2, -0.15) is 8.42 Å². The van der Waals surface area contributed by atoms with Gasteiger partial charge >= 0.3 is 0 Å². The van der Waals surface area contributed by atoms with E-state index < -0.39 is 10.0 Å². The first-order valence-electron chi connectivity index (χ1n) is 9.16. The van der Waals surface area contributed by atoms with Crippen molar-refractivity contribution in [3.63, 3.8) is 0 Å². The lowest BCUT2D eigenvalue weighted by atomic mass is 10.1. The fraction of sp³-hybridized carbons (Fsp3) is 0.250. The van der Waals surface area contributed by atoms with Gasteiger partial charge in [-0.15, -0.1) is 14.6 Å².